The maximum absolute atomic E-state index is 13.9. The highest BCUT2D eigenvalue weighted by molar-refractivity contribution is 5.94. The first kappa shape index (κ1) is 23.7. The van der Waals surface area contributed by atoms with E-state index < -0.39 is 0 Å². The second-order valence-corrected chi connectivity index (χ2v) is 9.48. The third-order valence-electron chi connectivity index (χ3n) is 7.40. The van der Waals surface area contributed by atoms with Crippen LogP contribution in [-0.4, -0.2) is 49.3 Å². The van der Waals surface area contributed by atoms with Gasteiger partial charge in [0.1, 0.15) is 18.2 Å². The van der Waals surface area contributed by atoms with Crippen molar-refractivity contribution in [1.82, 2.24) is 10.2 Å². The molecule has 178 valence electrons. The lowest BCUT2D eigenvalue weighted by atomic mass is 9.94. The minimum absolute atomic E-state index is 0.134. The van der Waals surface area contributed by atoms with Crippen LogP contribution in [0.3, 0.4) is 0 Å². The number of carbonyl (C=O) groups excluding carboxylic acids is 1. The van der Waals surface area contributed by atoms with Gasteiger partial charge < -0.3 is 14.8 Å². The van der Waals surface area contributed by atoms with E-state index >= 15 is 0 Å². The third kappa shape index (κ3) is 5.22. The number of fused-ring (bicyclic) bond motifs is 2. The van der Waals surface area contributed by atoms with Crippen molar-refractivity contribution in [2.45, 2.75) is 71.1 Å². The van der Waals surface area contributed by atoms with Crippen molar-refractivity contribution >= 4 is 5.91 Å². The fraction of sp³-hybridized carbons (Fsp3) is 0.519. The molecule has 1 amide bonds. The van der Waals surface area contributed by atoms with Gasteiger partial charge >= 0.3 is 0 Å². The van der Waals surface area contributed by atoms with Crippen molar-refractivity contribution in [1.29, 1.82) is 0 Å². The predicted molar refractivity (Wildman–Crippen MR) is 127 cm³/mol. The van der Waals surface area contributed by atoms with E-state index in [-0.39, 0.29) is 17.8 Å². The van der Waals surface area contributed by atoms with Gasteiger partial charge in [-0.25, -0.2) is 4.39 Å². The summed E-state index contributed by atoms with van der Waals surface area (Å²) >= 11 is 0. The highest BCUT2D eigenvalue weighted by Crippen LogP contribution is 2.38. The third-order valence-corrected chi connectivity index (χ3v) is 7.40. The van der Waals surface area contributed by atoms with Crippen LogP contribution in [-0.2, 0) is 11.3 Å². The quantitative estimate of drug-likeness (QED) is 0.588. The number of amides is 1. The van der Waals surface area contributed by atoms with Gasteiger partial charge in [-0.15, -0.1) is 0 Å². The van der Waals surface area contributed by atoms with Crippen molar-refractivity contribution in [3.05, 3.63) is 64.0 Å². The SMILES string of the molecule is COCCOc1ccc(CN2C3CCC2CC(NC(=O)c2ccc(C)c(F)c2)C3)c(C)c1C. The number of methoxy groups -OCH3 is 1. The number of rotatable bonds is 8. The summed E-state index contributed by atoms with van der Waals surface area (Å²) in [5, 5.41) is 3.16. The van der Waals surface area contributed by atoms with Crippen LogP contribution in [0.15, 0.2) is 30.3 Å². The monoisotopic (exact) mass is 454 g/mol. The molecule has 0 spiro atoms. The van der Waals surface area contributed by atoms with Crippen LogP contribution >= 0.6 is 0 Å². The van der Waals surface area contributed by atoms with E-state index in [1.54, 1.807) is 26.2 Å². The molecule has 2 saturated heterocycles. The maximum atomic E-state index is 13.9. The van der Waals surface area contributed by atoms with Gasteiger partial charge in [0, 0.05) is 37.3 Å². The molecule has 0 saturated carbocycles. The van der Waals surface area contributed by atoms with Crippen molar-refractivity contribution in [3.63, 3.8) is 0 Å². The standard InChI is InChI=1S/C27H35FN2O3/c1-17-5-6-20(13-25(17)28)27(31)29-22-14-23-8-9-24(15-22)30(23)16-21-7-10-26(19(3)18(21)2)33-12-11-32-4/h5-7,10,13,22-24H,8-9,11-12,14-16H2,1-4H3,(H,29,31). The van der Waals surface area contributed by atoms with Gasteiger partial charge in [0.25, 0.3) is 5.91 Å². The summed E-state index contributed by atoms with van der Waals surface area (Å²) in [5.41, 5.74) is 4.75. The second kappa shape index (κ2) is 10.2. The van der Waals surface area contributed by atoms with Gasteiger partial charge in [-0.1, -0.05) is 12.1 Å². The summed E-state index contributed by atoms with van der Waals surface area (Å²) in [5.74, 6) is 0.408. The van der Waals surface area contributed by atoms with Crippen molar-refractivity contribution in [2.24, 2.45) is 0 Å². The van der Waals surface area contributed by atoms with E-state index in [1.165, 1.54) is 22.8 Å². The lowest BCUT2D eigenvalue weighted by molar-refractivity contribution is 0.0827. The van der Waals surface area contributed by atoms with Crippen molar-refractivity contribution in [2.75, 3.05) is 20.3 Å². The van der Waals surface area contributed by atoms with Crippen molar-refractivity contribution in [3.8, 4) is 5.75 Å². The largest absolute Gasteiger partial charge is 0.491 e. The Labute approximate surface area is 196 Å². The molecule has 4 rings (SSSR count). The molecule has 2 unspecified atom stereocenters. The van der Waals surface area contributed by atoms with Gasteiger partial charge in [0.15, 0.2) is 0 Å². The van der Waals surface area contributed by atoms with Crippen LogP contribution in [0.25, 0.3) is 0 Å². The Balaban J connectivity index is 1.38. The summed E-state index contributed by atoms with van der Waals surface area (Å²) in [6.07, 6.45) is 4.19. The first-order valence-corrected chi connectivity index (χ1v) is 11.9. The molecule has 2 aliphatic rings. The van der Waals surface area contributed by atoms with Gasteiger partial charge in [0.05, 0.1) is 6.61 Å². The van der Waals surface area contributed by atoms with E-state index in [0.29, 0.717) is 36.4 Å². The van der Waals surface area contributed by atoms with Crippen LogP contribution in [0, 0.1) is 26.6 Å². The topological polar surface area (TPSA) is 50.8 Å². The highest BCUT2D eigenvalue weighted by Gasteiger charge is 2.41. The molecule has 2 heterocycles. The summed E-state index contributed by atoms with van der Waals surface area (Å²) < 4.78 is 24.8. The first-order chi connectivity index (χ1) is 15.9. The lowest BCUT2D eigenvalue weighted by Gasteiger charge is -2.39. The van der Waals surface area contributed by atoms with E-state index in [4.69, 9.17) is 9.47 Å². The second-order valence-electron chi connectivity index (χ2n) is 9.48. The van der Waals surface area contributed by atoms with Crippen LogP contribution in [0.5, 0.6) is 5.75 Å². The minimum Gasteiger partial charge on any atom is -0.491 e. The summed E-state index contributed by atoms with van der Waals surface area (Å²) in [7, 11) is 1.68. The summed E-state index contributed by atoms with van der Waals surface area (Å²) in [6, 6.07) is 10.0. The van der Waals surface area contributed by atoms with Crippen LogP contribution < -0.4 is 10.1 Å². The number of benzene rings is 2. The van der Waals surface area contributed by atoms with Gasteiger partial charge in [-0.05, 0) is 86.9 Å². The van der Waals surface area contributed by atoms with Crippen LogP contribution in [0.4, 0.5) is 4.39 Å². The Kier molecular flexibility index (Phi) is 7.35. The van der Waals surface area contributed by atoms with Gasteiger partial charge in [0.2, 0.25) is 0 Å². The fourth-order valence-electron chi connectivity index (χ4n) is 5.26. The smallest absolute Gasteiger partial charge is 0.251 e. The molecule has 33 heavy (non-hydrogen) atoms. The molecule has 0 radical (unpaired) electrons. The predicted octanol–water partition coefficient (Wildman–Crippen LogP) is 4.70. The molecule has 2 aliphatic heterocycles. The van der Waals surface area contributed by atoms with E-state index in [9.17, 15) is 9.18 Å². The Morgan fingerprint density at radius 1 is 1.06 bits per heavy atom. The Morgan fingerprint density at radius 2 is 1.79 bits per heavy atom. The molecule has 2 aromatic rings. The Hall–Kier alpha value is -2.44. The number of hydrogen-bond acceptors (Lipinski definition) is 4. The summed E-state index contributed by atoms with van der Waals surface area (Å²) in [4.78, 5) is 15.3. The van der Waals surface area contributed by atoms with Crippen molar-refractivity contribution < 1.29 is 18.7 Å². The average Bonchev–Trinajstić information content (AvgIpc) is 3.02. The zero-order chi connectivity index (χ0) is 23.5. The molecule has 0 aromatic heterocycles. The van der Waals surface area contributed by atoms with Crippen LogP contribution in [0.2, 0.25) is 0 Å². The fourth-order valence-corrected chi connectivity index (χ4v) is 5.26. The normalized spacial score (nSPS) is 22.4. The molecular formula is C27H35FN2O3. The number of nitrogens with zero attached hydrogens (tertiary/aromatic N) is 1. The molecule has 1 N–H and O–H groups in total. The molecule has 2 fully saturated rings. The molecule has 2 aromatic carbocycles. The number of nitrogens with one attached hydrogen (secondary N) is 1. The van der Waals surface area contributed by atoms with Gasteiger partial charge in [-0.2, -0.15) is 0 Å². The maximum Gasteiger partial charge on any atom is 0.251 e. The highest BCUT2D eigenvalue weighted by atomic mass is 19.1. The first-order valence-electron chi connectivity index (χ1n) is 11.9. The number of piperidine rings is 1. The van der Waals surface area contributed by atoms with E-state index in [1.807, 2.05) is 0 Å². The Bertz CT molecular complexity index is 995. The van der Waals surface area contributed by atoms with Crippen LogP contribution in [0.1, 0.15) is 58.3 Å². The zero-order valence-electron chi connectivity index (χ0n) is 20.1. The van der Waals surface area contributed by atoms with Gasteiger partial charge in [-0.3, -0.25) is 9.69 Å². The average molecular weight is 455 g/mol. The zero-order valence-corrected chi connectivity index (χ0v) is 20.1. The molecular weight excluding hydrogens is 419 g/mol. The molecule has 6 heteroatoms. The molecule has 2 bridgehead atoms. The van der Waals surface area contributed by atoms with E-state index in [0.717, 1.165) is 38.0 Å². The number of ether oxygens (including phenoxy) is 2. The minimum atomic E-state index is -0.335. The van der Waals surface area contributed by atoms with E-state index in [2.05, 4.69) is 36.2 Å². The number of aryl methyl sites for hydroxylation is 1. The number of carbonyl (C=O) groups is 1. The molecule has 2 atom stereocenters. The lowest BCUT2D eigenvalue weighted by Crippen LogP contribution is -2.50. The number of hydrogen-bond donors (Lipinski definition) is 1. The summed E-state index contributed by atoms with van der Waals surface area (Å²) in [6.45, 7) is 8.04. The Morgan fingerprint density at radius 3 is 2.45 bits per heavy atom. The molecule has 5 nitrogen and oxygen atoms in total. The molecule has 0 aliphatic carbocycles. The number of halogens is 1.